The van der Waals surface area contributed by atoms with E-state index in [4.69, 9.17) is 16.3 Å². The van der Waals surface area contributed by atoms with Gasteiger partial charge in [0.2, 0.25) is 5.95 Å². The van der Waals surface area contributed by atoms with E-state index in [1.165, 1.54) is 6.20 Å². The van der Waals surface area contributed by atoms with E-state index in [1.54, 1.807) is 30.3 Å². The van der Waals surface area contributed by atoms with Crippen molar-refractivity contribution in [2.24, 2.45) is 0 Å². The highest BCUT2D eigenvalue weighted by molar-refractivity contribution is 6.30. The van der Waals surface area contributed by atoms with E-state index in [-0.39, 0.29) is 11.6 Å². The van der Waals surface area contributed by atoms with Gasteiger partial charge in [0.05, 0.1) is 16.9 Å². The molecule has 0 aliphatic rings. The van der Waals surface area contributed by atoms with Gasteiger partial charge in [-0.15, -0.1) is 0 Å². The fourth-order valence-electron chi connectivity index (χ4n) is 2.66. The Morgan fingerprint density at radius 2 is 1.81 bits per heavy atom. The third-order valence-corrected chi connectivity index (χ3v) is 4.30. The van der Waals surface area contributed by atoms with Crippen LogP contribution in [0.4, 0.5) is 24.8 Å². The SMILES string of the molecule is CC(=O)OCC(=O)N(c1ccc(C(F)(F)F)cc1)c1nccc(-c2cccc(Cl)c2)n1. The highest BCUT2D eigenvalue weighted by Crippen LogP contribution is 2.32. The Morgan fingerprint density at radius 1 is 1.10 bits per heavy atom. The number of esters is 1. The summed E-state index contributed by atoms with van der Waals surface area (Å²) in [5.41, 5.74) is 0.284. The van der Waals surface area contributed by atoms with Crippen molar-refractivity contribution in [1.29, 1.82) is 0 Å². The van der Waals surface area contributed by atoms with Crippen LogP contribution in [0.3, 0.4) is 0 Å². The van der Waals surface area contributed by atoms with Crippen molar-refractivity contribution in [3.63, 3.8) is 0 Å². The first-order valence-corrected chi connectivity index (χ1v) is 9.25. The first-order chi connectivity index (χ1) is 14.6. The fourth-order valence-corrected chi connectivity index (χ4v) is 2.85. The van der Waals surface area contributed by atoms with Gasteiger partial charge in [0.15, 0.2) is 6.61 Å². The second-order valence-electron chi connectivity index (χ2n) is 6.31. The summed E-state index contributed by atoms with van der Waals surface area (Å²) in [7, 11) is 0. The molecule has 0 aliphatic carbocycles. The van der Waals surface area contributed by atoms with E-state index in [0.29, 0.717) is 16.3 Å². The number of anilines is 2. The molecule has 0 unspecified atom stereocenters. The summed E-state index contributed by atoms with van der Waals surface area (Å²) in [5, 5.41) is 0.475. The lowest BCUT2D eigenvalue weighted by atomic mass is 10.1. The molecule has 0 saturated carbocycles. The summed E-state index contributed by atoms with van der Waals surface area (Å²) in [6, 6.07) is 12.3. The number of hydrogen-bond acceptors (Lipinski definition) is 5. The predicted octanol–water partition coefficient (Wildman–Crippen LogP) is 5.04. The van der Waals surface area contributed by atoms with Gasteiger partial charge in [-0.25, -0.2) is 14.9 Å². The molecule has 1 amide bonds. The molecular formula is C21H15ClF3N3O3. The highest BCUT2D eigenvalue weighted by Gasteiger charge is 2.31. The van der Waals surface area contributed by atoms with Crippen LogP contribution < -0.4 is 4.90 Å². The molecule has 0 aliphatic heterocycles. The summed E-state index contributed by atoms with van der Waals surface area (Å²) in [4.78, 5) is 33.3. The van der Waals surface area contributed by atoms with E-state index >= 15 is 0 Å². The summed E-state index contributed by atoms with van der Waals surface area (Å²) in [6.07, 6.45) is -3.14. The highest BCUT2D eigenvalue weighted by atomic mass is 35.5. The quantitative estimate of drug-likeness (QED) is 0.510. The number of benzene rings is 2. The van der Waals surface area contributed by atoms with Gasteiger partial charge < -0.3 is 4.74 Å². The van der Waals surface area contributed by atoms with Crippen LogP contribution in [0, 0.1) is 0 Å². The van der Waals surface area contributed by atoms with Crippen molar-refractivity contribution in [1.82, 2.24) is 9.97 Å². The average molecular weight is 450 g/mol. The Bertz CT molecular complexity index is 1100. The van der Waals surface area contributed by atoms with Gasteiger partial charge in [-0.1, -0.05) is 23.7 Å². The maximum absolute atomic E-state index is 12.9. The standard InChI is InChI=1S/C21H15ClF3N3O3/c1-13(29)31-12-19(30)28(17-7-5-15(6-8-17)21(23,24)25)20-26-10-9-18(27-20)14-3-2-4-16(22)11-14/h2-11H,12H2,1H3. The molecule has 0 bridgehead atoms. The van der Waals surface area contributed by atoms with Gasteiger partial charge in [0.25, 0.3) is 5.91 Å². The van der Waals surface area contributed by atoms with Gasteiger partial charge in [0.1, 0.15) is 0 Å². The molecule has 1 heterocycles. The van der Waals surface area contributed by atoms with Gasteiger partial charge in [-0.2, -0.15) is 13.2 Å². The molecule has 0 N–H and O–H groups in total. The van der Waals surface area contributed by atoms with Crippen LogP contribution in [0.25, 0.3) is 11.3 Å². The maximum atomic E-state index is 12.9. The molecule has 1 aromatic heterocycles. The fraction of sp³-hybridized carbons (Fsp3) is 0.143. The Morgan fingerprint density at radius 3 is 2.42 bits per heavy atom. The van der Waals surface area contributed by atoms with Crippen LogP contribution >= 0.6 is 11.6 Å². The minimum atomic E-state index is -4.53. The summed E-state index contributed by atoms with van der Waals surface area (Å²) < 4.78 is 43.5. The number of aromatic nitrogens is 2. The number of carbonyl (C=O) groups is 2. The number of ether oxygens (including phenoxy) is 1. The third kappa shape index (κ3) is 5.58. The van der Waals surface area contributed by atoms with Crippen molar-refractivity contribution < 1.29 is 27.5 Å². The van der Waals surface area contributed by atoms with E-state index in [9.17, 15) is 22.8 Å². The lowest BCUT2D eigenvalue weighted by Gasteiger charge is -2.21. The van der Waals surface area contributed by atoms with Gasteiger partial charge in [-0.05, 0) is 42.5 Å². The van der Waals surface area contributed by atoms with Crippen LogP contribution in [0.5, 0.6) is 0 Å². The van der Waals surface area contributed by atoms with E-state index in [0.717, 1.165) is 36.1 Å². The lowest BCUT2D eigenvalue weighted by molar-refractivity contribution is -0.145. The minimum absolute atomic E-state index is 0.0772. The number of alkyl halides is 3. The Kier molecular flexibility index (Phi) is 6.55. The largest absolute Gasteiger partial charge is 0.456 e. The zero-order chi connectivity index (χ0) is 22.6. The zero-order valence-corrected chi connectivity index (χ0v) is 16.8. The first-order valence-electron chi connectivity index (χ1n) is 8.88. The number of halogens is 4. The van der Waals surface area contributed by atoms with E-state index in [2.05, 4.69) is 9.97 Å². The van der Waals surface area contributed by atoms with Crippen molar-refractivity contribution >= 4 is 35.1 Å². The monoisotopic (exact) mass is 449 g/mol. The van der Waals surface area contributed by atoms with E-state index in [1.807, 2.05) is 0 Å². The topological polar surface area (TPSA) is 72.4 Å². The third-order valence-electron chi connectivity index (χ3n) is 4.06. The smallest absolute Gasteiger partial charge is 0.416 e. The van der Waals surface area contributed by atoms with Crippen molar-refractivity contribution in [3.8, 4) is 11.3 Å². The Hall–Kier alpha value is -3.46. The van der Waals surface area contributed by atoms with Crippen LogP contribution in [0.15, 0.2) is 60.8 Å². The molecule has 0 atom stereocenters. The predicted molar refractivity (Wildman–Crippen MR) is 108 cm³/mol. The molecule has 6 nitrogen and oxygen atoms in total. The molecule has 3 aromatic rings. The average Bonchev–Trinajstić information content (AvgIpc) is 2.72. The number of rotatable bonds is 5. The van der Waals surface area contributed by atoms with E-state index < -0.39 is 30.2 Å². The zero-order valence-electron chi connectivity index (χ0n) is 16.1. The minimum Gasteiger partial charge on any atom is -0.456 e. The molecular weight excluding hydrogens is 435 g/mol. The second kappa shape index (κ2) is 9.13. The van der Waals surface area contributed by atoms with Crippen molar-refractivity contribution in [2.75, 3.05) is 11.5 Å². The van der Waals surface area contributed by atoms with Gasteiger partial charge >= 0.3 is 12.1 Å². The van der Waals surface area contributed by atoms with Crippen LogP contribution in [0.2, 0.25) is 5.02 Å². The number of amides is 1. The Balaban J connectivity index is 2.03. The number of nitrogens with zero attached hydrogens (tertiary/aromatic N) is 3. The number of hydrogen-bond donors (Lipinski definition) is 0. The molecule has 0 spiro atoms. The van der Waals surface area contributed by atoms with Crippen LogP contribution in [0.1, 0.15) is 12.5 Å². The molecule has 0 fully saturated rings. The van der Waals surface area contributed by atoms with Crippen LogP contribution in [-0.4, -0.2) is 28.5 Å². The molecule has 31 heavy (non-hydrogen) atoms. The molecule has 3 rings (SSSR count). The Labute approximate surface area is 180 Å². The molecule has 10 heteroatoms. The molecule has 0 saturated heterocycles. The molecule has 2 aromatic carbocycles. The van der Waals surface area contributed by atoms with Crippen molar-refractivity contribution in [3.05, 3.63) is 71.4 Å². The number of carbonyl (C=O) groups excluding carboxylic acids is 2. The van der Waals surface area contributed by atoms with Gasteiger partial charge in [-0.3, -0.25) is 9.59 Å². The lowest BCUT2D eigenvalue weighted by Crippen LogP contribution is -2.32. The van der Waals surface area contributed by atoms with Gasteiger partial charge in [0, 0.05) is 23.7 Å². The molecule has 160 valence electrons. The van der Waals surface area contributed by atoms with Crippen molar-refractivity contribution in [2.45, 2.75) is 13.1 Å². The maximum Gasteiger partial charge on any atom is 0.416 e. The summed E-state index contributed by atoms with van der Waals surface area (Å²) in [5.74, 6) is -1.53. The summed E-state index contributed by atoms with van der Waals surface area (Å²) >= 11 is 6.02. The first kappa shape index (κ1) is 22.2. The normalized spacial score (nSPS) is 11.1. The molecule has 0 radical (unpaired) electrons. The second-order valence-corrected chi connectivity index (χ2v) is 6.74. The summed E-state index contributed by atoms with van der Waals surface area (Å²) in [6.45, 7) is 0.493. The van der Waals surface area contributed by atoms with Crippen LogP contribution in [-0.2, 0) is 20.5 Å².